The van der Waals surface area contributed by atoms with E-state index in [0.717, 1.165) is 0 Å². The van der Waals surface area contributed by atoms with Crippen LogP contribution < -0.4 is 0 Å². The maximum Gasteiger partial charge on any atom is 0.104 e. The van der Waals surface area contributed by atoms with E-state index < -0.39 is 10.2 Å². The Balaban J connectivity index is 1.94. The minimum atomic E-state index is -1.50. The van der Waals surface area contributed by atoms with Gasteiger partial charge < -0.3 is 0 Å². The average molecular weight is 359 g/mol. The number of hydrogen-bond acceptors (Lipinski definition) is 1. The van der Waals surface area contributed by atoms with E-state index in [1.165, 1.54) is 27.2 Å². The van der Waals surface area contributed by atoms with Crippen LogP contribution in [0.15, 0.2) is 102 Å². The van der Waals surface area contributed by atoms with Gasteiger partial charge >= 0.3 is 0 Å². The summed E-state index contributed by atoms with van der Waals surface area (Å²) in [5.74, 6) is 0. The van der Waals surface area contributed by atoms with E-state index in [-0.39, 0.29) is 0 Å². The first-order valence-electron chi connectivity index (χ1n) is 8.71. The molecule has 0 saturated carbocycles. The standard InChI is InChI=1S/C23H22N2S/c1-19(2)23(21-11-7-4-8-12-21)26(25-15-14-24-18-25)16-13-22(17-26)20-9-5-3-6-10-20/h3-18H,1-2H3. The second-order valence-electron chi connectivity index (χ2n) is 6.53. The summed E-state index contributed by atoms with van der Waals surface area (Å²) in [6.07, 6.45) is 8.15. The molecule has 1 aromatic heterocycles. The van der Waals surface area contributed by atoms with Gasteiger partial charge in [-0.2, -0.15) is 0 Å². The van der Waals surface area contributed by atoms with Gasteiger partial charge in [0.2, 0.25) is 0 Å². The van der Waals surface area contributed by atoms with Crippen LogP contribution in [-0.4, -0.2) is 8.96 Å². The molecule has 1 unspecified atom stereocenters. The summed E-state index contributed by atoms with van der Waals surface area (Å²) in [6, 6.07) is 21.3. The fourth-order valence-corrected chi connectivity index (χ4v) is 6.82. The number of nitrogens with zero attached hydrogens (tertiary/aromatic N) is 2. The summed E-state index contributed by atoms with van der Waals surface area (Å²) in [6.45, 7) is 4.41. The molecule has 2 nitrogen and oxygen atoms in total. The lowest BCUT2D eigenvalue weighted by Crippen LogP contribution is -2.06. The Kier molecular flexibility index (Phi) is 4.39. The molecule has 0 fully saturated rings. The number of imidazole rings is 1. The monoisotopic (exact) mass is 358 g/mol. The van der Waals surface area contributed by atoms with Crippen LogP contribution in [0.5, 0.6) is 0 Å². The molecule has 1 aliphatic heterocycles. The molecule has 0 bridgehead atoms. The zero-order valence-corrected chi connectivity index (χ0v) is 15.9. The van der Waals surface area contributed by atoms with Gasteiger partial charge in [-0.1, -0.05) is 76.5 Å². The molecule has 1 atom stereocenters. The van der Waals surface area contributed by atoms with Crippen molar-refractivity contribution in [2.24, 2.45) is 0 Å². The highest BCUT2D eigenvalue weighted by Gasteiger charge is 2.31. The molecule has 3 aromatic rings. The van der Waals surface area contributed by atoms with Gasteiger partial charge in [0.05, 0.1) is 0 Å². The highest BCUT2D eigenvalue weighted by Crippen LogP contribution is 2.67. The molecule has 3 heteroatoms. The van der Waals surface area contributed by atoms with E-state index in [2.05, 4.69) is 107 Å². The zero-order chi connectivity index (χ0) is 18.0. The maximum atomic E-state index is 4.34. The van der Waals surface area contributed by atoms with Crippen LogP contribution in [0.4, 0.5) is 0 Å². The van der Waals surface area contributed by atoms with Crippen molar-refractivity contribution < 1.29 is 0 Å². The molecule has 4 rings (SSSR count). The summed E-state index contributed by atoms with van der Waals surface area (Å²) >= 11 is 0. The molecule has 2 aromatic carbocycles. The quantitative estimate of drug-likeness (QED) is 0.522. The molecule has 0 saturated heterocycles. The molecule has 130 valence electrons. The van der Waals surface area contributed by atoms with E-state index in [1.54, 1.807) is 0 Å². The average Bonchev–Trinajstić information content (AvgIpc) is 3.34. The Hall–Kier alpha value is -2.78. The van der Waals surface area contributed by atoms with E-state index >= 15 is 0 Å². The molecule has 0 amide bonds. The van der Waals surface area contributed by atoms with E-state index in [4.69, 9.17) is 0 Å². The summed E-state index contributed by atoms with van der Waals surface area (Å²) in [4.78, 5) is 5.72. The van der Waals surface area contributed by atoms with Crippen molar-refractivity contribution >= 4 is 20.7 Å². The van der Waals surface area contributed by atoms with Gasteiger partial charge in [0, 0.05) is 17.3 Å². The van der Waals surface area contributed by atoms with E-state index in [9.17, 15) is 0 Å². The van der Waals surface area contributed by atoms with Gasteiger partial charge in [0.1, 0.15) is 6.33 Å². The molecule has 0 N–H and O–H groups in total. The lowest BCUT2D eigenvalue weighted by atomic mass is 10.1. The van der Waals surface area contributed by atoms with Gasteiger partial charge in [-0.3, -0.25) is 3.97 Å². The van der Waals surface area contributed by atoms with Crippen LogP contribution >= 0.6 is 10.2 Å². The van der Waals surface area contributed by atoms with Gasteiger partial charge in [0.15, 0.2) is 0 Å². The highest BCUT2D eigenvalue weighted by molar-refractivity contribution is 8.44. The third kappa shape index (κ3) is 2.85. The first-order chi connectivity index (χ1) is 12.7. The van der Waals surface area contributed by atoms with Crippen LogP contribution in [0.25, 0.3) is 10.5 Å². The third-order valence-electron chi connectivity index (χ3n) is 4.51. The Morgan fingerprint density at radius 2 is 1.62 bits per heavy atom. The molecule has 2 heterocycles. The third-order valence-corrected chi connectivity index (χ3v) is 7.89. The minimum absolute atomic E-state index is 1.25. The lowest BCUT2D eigenvalue weighted by Gasteiger charge is -2.37. The Morgan fingerprint density at radius 1 is 0.923 bits per heavy atom. The van der Waals surface area contributed by atoms with Crippen LogP contribution in [0.3, 0.4) is 0 Å². The first kappa shape index (κ1) is 16.7. The first-order valence-corrected chi connectivity index (χ1v) is 10.4. The largest absolute Gasteiger partial charge is 0.288 e. The maximum absolute atomic E-state index is 4.34. The second-order valence-corrected chi connectivity index (χ2v) is 9.22. The van der Waals surface area contributed by atoms with Crippen LogP contribution in [0.2, 0.25) is 0 Å². The lowest BCUT2D eigenvalue weighted by molar-refractivity contribution is 1.22. The Labute approximate surface area is 156 Å². The summed E-state index contributed by atoms with van der Waals surface area (Å²) in [5.41, 5.74) is 5.12. The molecule has 26 heavy (non-hydrogen) atoms. The van der Waals surface area contributed by atoms with Crippen LogP contribution in [-0.2, 0) is 0 Å². The predicted octanol–water partition coefficient (Wildman–Crippen LogP) is 6.47. The fraction of sp³-hybridized carbons (Fsp3) is 0.0870. The van der Waals surface area contributed by atoms with Gasteiger partial charge in [-0.25, -0.2) is 4.98 Å². The summed E-state index contributed by atoms with van der Waals surface area (Å²) in [7, 11) is -1.50. The smallest absolute Gasteiger partial charge is 0.104 e. The van der Waals surface area contributed by atoms with Crippen molar-refractivity contribution in [2.45, 2.75) is 13.8 Å². The molecular weight excluding hydrogens is 336 g/mol. The van der Waals surface area contributed by atoms with Crippen LogP contribution in [0, 0.1) is 0 Å². The Bertz CT molecular complexity index is 979. The summed E-state index contributed by atoms with van der Waals surface area (Å²) in [5, 5.41) is 4.80. The SMILES string of the molecule is CC(C)=C(c1ccccc1)S1(n2ccnc2)C=CC(c2ccccc2)=C1. The summed E-state index contributed by atoms with van der Waals surface area (Å²) < 4.78 is 2.27. The number of allylic oxidation sites excluding steroid dienone is 3. The van der Waals surface area contributed by atoms with Gasteiger partial charge in [-0.15, -0.1) is 0 Å². The van der Waals surface area contributed by atoms with Crippen LogP contribution in [0.1, 0.15) is 25.0 Å². The van der Waals surface area contributed by atoms with Crippen molar-refractivity contribution in [3.05, 3.63) is 113 Å². The van der Waals surface area contributed by atoms with Crippen molar-refractivity contribution in [3.63, 3.8) is 0 Å². The second kappa shape index (κ2) is 6.85. The number of aromatic nitrogens is 2. The predicted molar refractivity (Wildman–Crippen MR) is 113 cm³/mol. The number of hydrogen-bond donors (Lipinski definition) is 0. The fourth-order valence-electron chi connectivity index (χ4n) is 3.43. The highest BCUT2D eigenvalue weighted by atomic mass is 32.3. The molecule has 0 radical (unpaired) electrons. The topological polar surface area (TPSA) is 17.8 Å². The van der Waals surface area contributed by atoms with Crippen molar-refractivity contribution in [2.75, 3.05) is 0 Å². The zero-order valence-electron chi connectivity index (χ0n) is 15.0. The number of rotatable bonds is 4. The van der Waals surface area contributed by atoms with E-state index in [0.29, 0.717) is 0 Å². The van der Waals surface area contributed by atoms with E-state index in [1.807, 2.05) is 12.5 Å². The molecule has 0 spiro atoms. The normalized spacial score (nSPS) is 21.1. The molecule has 0 aliphatic carbocycles. The van der Waals surface area contributed by atoms with Crippen molar-refractivity contribution in [1.29, 1.82) is 0 Å². The molecular formula is C23H22N2S. The molecule has 1 aliphatic rings. The van der Waals surface area contributed by atoms with Crippen molar-refractivity contribution in [3.8, 4) is 0 Å². The minimum Gasteiger partial charge on any atom is -0.288 e. The van der Waals surface area contributed by atoms with Gasteiger partial charge in [0.25, 0.3) is 0 Å². The Morgan fingerprint density at radius 3 is 2.23 bits per heavy atom. The van der Waals surface area contributed by atoms with Crippen molar-refractivity contribution in [1.82, 2.24) is 8.96 Å². The van der Waals surface area contributed by atoms with Gasteiger partial charge in [-0.05, 0) is 47.4 Å². The number of benzene rings is 2.